The van der Waals surface area contributed by atoms with E-state index in [9.17, 15) is 8.78 Å². The largest absolute Gasteiger partial charge is 0.319 e. The van der Waals surface area contributed by atoms with Gasteiger partial charge >= 0.3 is 0 Å². The molecule has 2 heterocycles. The van der Waals surface area contributed by atoms with E-state index in [-0.39, 0.29) is 0 Å². The van der Waals surface area contributed by atoms with Gasteiger partial charge in [0.15, 0.2) is 0 Å². The summed E-state index contributed by atoms with van der Waals surface area (Å²) in [5, 5.41) is 0. The summed E-state index contributed by atoms with van der Waals surface area (Å²) in [4.78, 5) is 8.83. The van der Waals surface area contributed by atoms with E-state index in [1.165, 1.54) is 12.1 Å². The van der Waals surface area contributed by atoms with E-state index in [0.717, 1.165) is 39.6 Å². The molecule has 0 saturated carbocycles. The minimum Gasteiger partial charge on any atom is -0.319 e. The first kappa shape index (κ1) is 16.4. The van der Waals surface area contributed by atoms with Crippen LogP contribution >= 0.6 is 0 Å². The average Bonchev–Trinajstić information content (AvgIpc) is 2.93. The number of hydrogen-bond donors (Lipinski definition) is 0. The highest BCUT2D eigenvalue weighted by molar-refractivity contribution is 5.82. The Kier molecular flexibility index (Phi) is 3.99. The van der Waals surface area contributed by atoms with Crippen LogP contribution < -0.4 is 0 Å². The molecule has 4 rings (SSSR count). The third-order valence-electron chi connectivity index (χ3n) is 4.57. The maximum absolute atomic E-state index is 13.6. The Morgan fingerprint density at radius 2 is 1.54 bits per heavy atom. The molecule has 0 fully saturated rings. The number of imidazole rings is 1. The van der Waals surface area contributed by atoms with Gasteiger partial charge in [-0.15, -0.1) is 0 Å². The lowest BCUT2D eigenvalue weighted by molar-refractivity contribution is 0.578. The fourth-order valence-corrected chi connectivity index (χ4v) is 3.15. The van der Waals surface area contributed by atoms with E-state index in [1.54, 1.807) is 12.4 Å². The van der Waals surface area contributed by atoms with Gasteiger partial charge in [0.2, 0.25) is 0 Å². The van der Waals surface area contributed by atoms with Crippen LogP contribution in [-0.2, 0) is 6.54 Å². The highest BCUT2D eigenvalue weighted by atomic mass is 19.1. The van der Waals surface area contributed by atoms with E-state index in [2.05, 4.69) is 11.1 Å². The lowest BCUT2D eigenvalue weighted by Crippen LogP contribution is -2.03. The predicted molar refractivity (Wildman–Crippen MR) is 97.9 cm³/mol. The van der Waals surface area contributed by atoms with Gasteiger partial charge in [-0.25, -0.2) is 13.8 Å². The minimum absolute atomic E-state index is 0.325. The summed E-state index contributed by atoms with van der Waals surface area (Å²) in [7, 11) is 0. The molecule has 0 unspecified atom stereocenters. The highest BCUT2D eigenvalue weighted by Crippen LogP contribution is 2.28. The van der Waals surface area contributed by atoms with Crippen molar-refractivity contribution in [1.29, 1.82) is 0 Å². The standard InChI is InChI=1S/C21H17F2N3/c1-13-7-19-20(8-14(13)2)26(12-15-9-17(22)11-18(23)10-15)21(25-19)16-3-5-24-6-4-16/h3-11H,12H2,1-2H3. The second-order valence-corrected chi connectivity index (χ2v) is 6.46. The van der Waals surface area contributed by atoms with Crippen molar-refractivity contribution in [1.82, 2.24) is 14.5 Å². The molecular weight excluding hydrogens is 332 g/mol. The van der Waals surface area contributed by atoms with Gasteiger partial charge < -0.3 is 4.57 Å². The Labute approximate surface area is 150 Å². The van der Waals surface area contributed by atoms with E-state index in [0.29, 0.717) is 12.1 Å². The van der Waals surface area contributed by atoms with E-state index in [1.807, 2.05) is 36.6 Å². The van der Waals surface area contributed by atoms with Crippen molar-refractivity contribution in [2.45, 2.75) is 20.4 Å². The van der Waals surface area contributed by atoms with Crippen molar-refractivity contribution in [2.24, 2.45) is 0 Å². The van der Waals surface area contributed by atoms with Gasteiger partial charge in [0, 0.05) is 30.6 Å². The van der Waals surface area contributed by atoms with Crippen molar-refractivity contribution in [3.63, 3.8) is 0 Å². The van der Waals surface area contributed by atoms with Crippen molar-refractivity contribution in [2.75, 3.05) is 0 Å². The highest BCUT2D eigenvalue weighted by Gasteiger charge is 2.15. The number of benzene rings is 2. The molecule has 0 radical (unpaired) electrons. The summed E-state index contributed by atoms with van der Waals surface area (Å²) < 4.78 is 29.3. The van der Waals surface area contributed by atoms with Crippen LogP contribution in [0.4, 0.5) is 8.78 Å². The van der Waals surface area contributed by atoms with Gasteiger partial charge in [0.1, 0.15) is 17.5 Å². The number of fused-ring (bicyclic) bond motifs is 1. The van der Waals surface area contributed by atoms with Gasteiger partial charge in [-0.1, -0.05) is 0 Å². The number of aryl methyl sites for hydroxylation is 2. The number of aromatic nitrogens is 3. The summed E-state index contributed by atoms with van der Waals surface area (Å²) in [6.45, 7) is 4.41. The number of hydrogen-bond acceptors (Lipinski definition) is 2. The SMILES string of the molecule is Cc1cc2nc(-c3ccncc3)n(Cc3cc(F)cc(F)c3)c2cc1C. The fraction of sp³-hybridized carbons (Fsp3) is 0.143. The average molecular weight is 349 g/mol. The molecule has 0 bridgehead atoms. The molecule has 0 atom stereocenters. The molecule has 2 aromatic carbocycles. The normalized spacial score (nSPS) is 11.2. The number of halogens is 2. The molecule has 4 aromatic rings. The molecule has 0 aliphatic heterocycles. The molecule has 0 amide bonds. The Hall–Kier alpha value is -3.08. The molecule has 0 saturated heterocycles. The van der Waals surface area contributed by atoms with Crippen LogP contribution in [0.1, 0.15) is 16.7 Å². The van der Waals surface area contributed by atoms with Crippen LogP contribution in [0.15, 0.2) is 54.9 Å². The summed E-state index contributed by atoms with van der Waals surface area (Å²) in [5.41, 5.74) is 5.55. The molecule has 0 spiro atoms. The van der Waals surface area contributed by atoms with Crippen LogP contribution in [0.2, 0.25) is 0 Å². The number of rotatable bonds is 3. The summed E-state index contributed by atoms with van der Waals surface area (Å²) in [5.74, 6) is -0.416. The van der Waals surface area contributed by atoms with Gasteiger partial charge in [-0.3, -0.25) is 4.98 Å². The van der Waals surface area contributed by atoms with Crippen LogP contribution in [0, 0.1) is 25.5 Å². The van der Waals surface area contributed by atoms with Crippen molar-refractivity contribution in [3.05, 3.63) is 83.2 Å². The zero-order chi connectivity index (χ0) is 18.3. The van der Waals surface area contributed by atoms with Crippen LogP contribution in [-0.4, -0.2) is 14.5 Å². The van der Waals surface area contributed by atoms with E-state index < -0.39 is 11.6 Å². The maximum atomic E-state index is 13.6. The number of pyridine rings is 1. The lowest BCUT2D eigenvalue weighted by Gasteiger charge is -2.11. The molecule has 130 valence electrons. The first-order chi connectivity index (χ1) is 12.5. The molecule has 2 aromatic heterocycles. The van der Waals surface area contributed by atoms with Gasteiger partial charge in [-0.05, 0) is 66.9 Å². The second-order valence-electron chi connectivity index (χ2n) is 6.46. The van der Waals surface area contributed by atoms with Crippen LogP contribution in [0.25, 0.3) is 22.4 Å². The van der Waals surface area contributed by atoms with Gasteiger partial charge in [0.05, 0.1) is 11.0 Å². The minimum atomic E-state index is -0.582. The topological polar surface area (TPSA) is 30.7 Å². The first-order valence-corrected chi connectivity index (χ1v) is 8.34. The molecule has 0 N–H and O–H groups in total. The Morgan fingerprint density at radius 3 is 2.23 bits per heavy atom. The third kappa shape index (κ3) is 2.96. The van der Waals surface area contributed by atoms with Crippen molar-refractivity contribution >= 4 is 11.0 Å². The lowest BCUT2D eigenvalue weighted by atomic mass is 10.1. The van der Waals surface area contributed by atoms with Gasteiger partial charge in [-0.2, -0.15) is 0 Å². The van der Waals surface area contributed by atoms with Crippen LogP contribution in [0.5, 0.6) is 0 Å². The van der Waals surface area contributed by atoms with Gasteiger partial charge in [0.25, 0.3) is 0 Å². The zero-order valence-corrected chi connectivity index (χ0v) is 14.5. The molecular formula is C21H17F2N3. The Bertz CT molecular complexity index is 1080. The Balaban J connectivity index is 1.94. The van der Waals surface area contributed by atoms with E-state index in [4.69, 9.17) is 4.98 Å². The van der Waals surface area contributed by atoms with E-state index >= 15 is 0 Å². The molecule has 26 heavy (non-hydrogen) atoms. The summed E-state index contributed by atoms with van der Waals surface area (Å²) in [6, 6.07) is 11.5. The molecule has 0 aliphatic rings. The second kappa shape index (κ2) is 6.33. The van der Waals surface area contributed by atoms with Crippen LogP contribution in [0.3, 0.4) is 0 Å². The Morgan fingerprint density at radius 1 is 0.885 bits per heavy atom. The number of nitrogens with zero attached hydrogens (tertiary/aromatic N) is 3. The molecule has 3 nitrogen and oxygen atoms in total. The van der Waals surface area contributed by atoms with Crippen molar-refractivity contribution < 1.29 is 8.78 Å². The quantitative estimate of drug-likeness (QED) is 0.519. The maximum Gasteiger partial charge on any atom is 0.141 e. The van der Waals surface area contributed by atoms with Crippen molar-refractivity contribution in [3.8, 4) is 11.4 Å². The third-order valence-corrected chi connectivity index (χ3v) is 4.57. The summed E-state index contributed by atoms with van der Waals surface area (Å²) in [6.07, 6.45) is 3.41. The summed E-state index contributed by atoms with van der Waals surface area (Å²) >= 11 is 0. The smallest absolute Gasteiger partial charge is 0.141 e. The molecule has 5 heteroatoms. The zero-order valence-electron chi connectivity index (χ0n) is 14.5. The first-order valence-electron chi connectivity index (χ1n) is 8.34. The molecule has 0 aliphatic carbocycles. The predicted octanol–water partition coefficient (Wildman–Crippen LogP) is 5.04. The monoisotopic (exact) mass is 349 g/mol. The fourth-order valence-electron chi connectivity index (χ4n) is 3.15.